The smallest absolute Gasteiger partial charge is 0.335 e. The number of fused-ring (bicyclic) bond motifs is 2. The third-order valence-electron chi connectivity index (χ3n) is 2.32. The Morgan fingerprint density at radius 3 is 3.00 bits per heavy atom. The summed E-state index contributed by atoms with van der Waals surface area (Å²) in [5, 5.41) is 18.0. The predicted molar refractivity (Wildman–Crippen MR) is 50.5 cm³/mol. The third-order valence-corrected chi connectivity index (χ3v) is 2.32. The quantitative estimate of drug-likeness (QED) is 0.712. The van der Waals surface area contributed by atoms with E-state index >= 15 is 0 Å². The highest BCUT2D eigenvalue weighted by Crippen LogP contribution is 2.21. The summed E-state index contributed by atoms with van der Waals surface area (Å²) in [4.78, 5) is 15.0. The van der Waals surface area contributed by atoms with E-state index in [-0.39, 0.29) is 5.56 Å². The van der Waals surface area contributed by atoms with Gasteiger partial charge in [-0.25, -0.2) is 9.79 Å². The molecule has 0 radical (unpaired) electrons. The Hall–Kier alpha value is -2.30. The number of carboxylic acids is 1. The summed E-state index contributed by atoms with van der Waals surface area (Å²) in [6, 6.07) is 4.78. The molecule has 3 rings (SSSR count). The van der Waals surface area contributed by atoms with Crippen molar-refractivity contribution in [1.29, 1.82) is 0 Å². The van der Waals surface area contributed by atoms with Crippen molar-refractivity contribution < 1.29 is 9.90 Å². The van der Waals surface area contributed by atoms with Crippen molar-refractivity contribution in [1.82, 2.24) is 0 Å². The summed E-state index contributed by atoms with van der Waals surface area (Å²) >= 11 is 0. The standard InChI is InChI=1S/C10H5N3O2/c14-10(15)5-1-2-7-6(3-5)9-8(12-7)4-11-13-9/h1-4H,(H,14,15). The van der Waals surface area contributed by atoms with E-state index < -0.39 is 5.97 Å². The molecule has 1 aromatic carbocycles. The Morgan fingerprint density at radius 1 is 1.33 bits per heavy atom. The van der Waals surface area contributed by atoms with E-state index in [1.165, 1.54) is 6.07 Å². The van der Waals surface area contributed by atoms with Gasteiger partial charge in [-0.15, -0.1) is 5.11 Å². The van der Waals surface area contributed by atoms with Crippen LogP contribution in [0.4, 0.5) is 0 Å². The largest absolute Gasteiger partial charge is 0.478 e. The summed E-state index contributed by atoms with van der Waals surface area (Å²) in [6.07, 6.45) is 1.57. The van der Waals surface area contributed by atoms with E-state index in [0.717, 1.165) is 10.6 Å². The van der Waals surface area contributed by atoms with Gasteiger partial charge in [0.1, 0.15) is 11.4 Å². The third kappa shape index (κ3) is 1.03. The van der Waals surface area contributed by atoms with Crippen molar-refractivity contribution in [3.8, 4) is 0 Å². The molecule has 72 valence electrons. The minimum atomic E-state index is -0.953. The van der Waals surface area contributed by atoms with Crippen LogP contribution in [0.25, 0.3) is 5.70 Å². The molecule has 0 saturated carbocycles. The van der Waals surface area contributed by atoms with E-state index in [2.05, 4.69) is 15.2 Å². The first-order valence-electron chi connectivity index (χ1n) is 4.33. The van der Waals surface area contributed by atoms with E-state index in [9.17, 15) is 4.79 Å². The molecule has 2 heterocycles. The molecule has 0 aliphatic carbocycles. The maximum absolute atomic E-state index is 10.8. The van der Waals surface area contributed by atoms with Crippen LogP contribution in [0.15, 0.2) is 45.3 Å². The van der Waals surface area contributed by atoms with Crippen LogP contribution in [-0.4, -0.2) is 11.1 Å². The van der Waals surface area contributed by atoms with Gasteiger partial charge in [0.25, 0.3) is 0 Å². The molecule has 0 bridgehead atoms. The van der Waals surface area contributed by atoms with Crippen LogP contribution >= 0.6 is 0 Å². The van der Waals surface area contributed by atoms with Gasteiger partial charge in [-0.2, -0.15) is 5.11 Å². The molecule has 2 aliphatic heterocycles. The highest BCUT2D eigenvalue weighted by Gasteiger charge is 2.17. The molecule has 0 atom stereocenters. The van der Waals surface area contributed by atoms with E-state index in [4.69, 9.17) is 5.11 Å². The number of nitrogens with zero attached hydrogens (tertiary/aromatic N) is 3. The van der Waals surface area contributed by atoms with Crippen LogP contribution in [0.1, 0.15) is 10.4 Å². The molecule has 0 spiro atoms. The maximum Gasteiger partial charge on any atom is 0.335 e. The van der Waals surface area contributed by atoms with Gasteiger partial charge < -0.3 is 5.11 Å². The molecule has 0 fully saturated rings. The highest BCUT2D eigenvalue weighted by molar-refractivity contribution is 5.87. The summed E-state index contributed by atoms with van der Waals surface area (Å²) in [7, 11) is 0. The lowest BCUT2D eigenvalue weighted by atomic mass is 10.1. The minimum Gasteiger partial charge on any atom is -0.478 e. The summed E-state index contributed by atoms with van der Waals surface area (Å²) in [5.74, 6) is -0.953. The molecule has 0 amide bonds. The molecule has 5 heteroatoms. The SMILES string of the molecule is O=C(O)c1ccc2c(c1)=C1N=NC=C1N=2. The predicted octanol–water partition coefficient (Wildman–Crippen LogP) is 0.433. The van der Waals surface area contributed by atoms with E-state index in [1.807, 2.05) is 0 Å². The Labute approximate surface area is 83.8 Å². The zero-order valence-corrected chi connectivity index (χ0v) is 7.51. The second-order valence-corrected chi connectivity index (χ2v) is 3.23. The number of hydrogen-bond donors (Lipinski definition) is 1. The summed E-state index contributed by atoms with van der Waals surface area (Å²) in [5.41, 5.74) is 1.60. The number of aromatic carboxylic acids is 1. The van der Waals surface area contributed by atoms with Gasteiger partial charge in [-0.05, 0) is 18.2 Å². The van der Waals surface area contributed by atoms with Gasteiger partial charge in [0.15, 0.2) is 0 Å². The number of benzene rings is 1. The van der Waals surface area contributed by atoms with Crippen molar-refractivity contribution in [2.75, 3.05) is 0 Å². The van der Waals surface area contributed by atoms with Gasteiger partial charge in [0, 0.05) is 5.22 Å². The number of azo groups is 1. The first-order valence-corrected chi connectivity index (χ1v) is 4.33. The van der Waals surface area contributed by atoms with Crippen LogP contribution in [0, 0.1) is 0 Å². The van der Waals surface area contributed by atoms with Gasteiger partial charge in [0.2, 0.25) is 0 Å². The molecule has 0 unspecified atom stereocenters. The Kier molecular flexibility index (Phi) is 1.39. The van der Waals surface area contributed by atoms with Crippen LogP contribution in [0.2, 0.25) is 0 Å². The molecule has 2 aliphatic rings. The molecular weight excluding hydrogens is 194 g/mol. The average molecular weight is 199 g/mol. The number of carbonyl (C=O) groups is 1. The Morgan fingerprint density at radius 2 is 2.20 bits per heavy atom. The van der Waals surface area contributed by atoms with Gasteiger partial charge >= 0.3 is 5.97 Å². The minimum absolute atomic E-state index is 0.236. The summed E-state index contributed by atoms with van der Waals surface area (Å²) < 4.78 is 0. The van der Waals surface area contributed by atoms with Crippen molar-refractivity contribution in [2.24, 2.45) is 15.2 Å². The average Bonchev–Trinajstić information content (AvgIpc) is 2.75. The second kappa shape index (κ2) is 2.60. The first kappa shape index (κ1) is 8.05. The van der Waals surface area contributed by atoms with Gasteiger partial charge in [-0.1, -0.05) is 0 Å². The lowest BCUT2D eigenvalue weighted by molar-refractivity contribution is 0.0697. The molecule has 0 aromatic heterocycles. The lowest BCUT2D eigenvalue weighted by Gasteiger charge is -1.91. The summed E-state index contributed by atoms with van der Waals surface area (Å²) in [6.45, 7) is 0. The fourth-order valence-electron chi connectivity index (χ4n) is 1.61. The van der Waals surface area contributed by atoms with E-state index in [1.54, 1.807) is 18.3 Å². The first-order chi connectivity index (χ1) is 7.25. The van der Waals surface area contributed by atoms with Crippen molar-refractivity contribution >= 4 is 11.7 Å². The Balaban J connectivity index is 2.40. The monoisotopic (exact) mass is 199 g/mol. The zero-order valence-electron chi connectivity index (χ0n) is 7.51. The maximum atomic E-state index is 10.8. The fraction of sp³-hybridized carbons (Fsp3) is 0. The molecule has 1 aromatic rings. The van der Waals surface area contributed by atoms with Crippen molar-refractivity contribution in [3.05, 3.63) is 46.2 Å². The van der Waals surface area contributed by atoms with Crippen LogP contribution in [0.3, 0.4) is 0 Å². The topological polar surface area (TPSA) is 74.4 Å². The molecular formula is C10H5N3O2. The number of rotatable bonds is 1. The van der Waals surface area contributed by atoms with Gasteiger partial charge in [0.05, 0.1) is 17.1 Å². The fourth-order valence-corrected chi connectivity index (χ4v) is 1.61. The molecule has 15 heavy (non-hydrogen) atoms. The second-order valence-electron chi connectivity index (χ2n) is 3.23. The Bertz CT molecular complexity index is 656. The molecule has 5 nitrogen and oxygen atoms in total. The number of hydrogen-bond acceptors (Lipinski definition) is 4. The lowest BCUT2D eigenvalue weighted by Crippen LogP contribution is -2.24. The normalized spacial score (nSPS) is 15.7. The number of carboxylic acid groups (broad SMARTS) is 1. The zero-order chi connectivity index (χ0) is 10.4. The molecule has 0 saturated heterocycles. The van der Waals surface area contributed by atoms with Crippen LogP contribution < -0.4 is 10.6 Å². The van der Waals surface area contributed by atoms with Crippen molar-refractivity contribution in [3.63, 3.8) is 0 Å². The highest BCUT2D eigenvalue weighted by atomic mass is 16.4. The van der Waals surface area contributed by atoms with Crippen molar-refractivity contribution in [2.45, 2.75) is 0 Å². The van der Waals surface area contributed by atoms with Crippen LogP contribution in [-0.2, 0) is 0 Å². The molecule has 1 N–H and O–H groups in total. The van der Waals surface area contributed by atoms with E-state index in [0.29, 0.717) is 11.4 Å². The van der Waals surface area contributed by atoms with Gasteiger partial charge in [-0.3, -0.25) is 0 Å². The van der Waals surface area contributed by atoms with Crippen LogP contribution in [0.5, 0.6) is 0 Å².